The normalized spacial score (nSPS) is 15.4. The average Bonchev–Trinajstić information content (AvgIpc) is 2.91. The van der Waals surface area contributed by atoms with Crippen molar-refractivity contribution in [2.45, 2.75) is 38.3 Å². The van der Waals surface area contributed by atoms with Crippen LogP contribution < -0.4 is 0 Å². The highest BCUT2D eigenvalue weighted by molar-refractivity contribution is 6.02. The predicted octanol–water partition coefficient (Wildman–Crippen LogP) is 8.03. The van der Waals surface area contributed by atoms with Crippen molar-refractivity contribution in [3.8, 4) is 0 Å². The summed E-state index contributed by atoms with van der Waals surface area (Å²) in [6.45, 7) is 3.16. The summed E-state index contributed by atoms with van der Waals surface area (Å²) in [6.07, 6.45) is -9.54. The lowest BCUT2D eigenvalue weighted by atomic mass is 9.92. The van der Waals surface area contributed by atoms with E-state index in [1.807, 2.05) is 60.7 Å². The number of alkyl halides is 6. The van der Waals surface area contributed by atoms with Gasteiger partial charge in [0.1, 0.15) is 0 Å². The van der Waals surface area contributed by atoms with Crippen LogP contribution in [0.1, 0.15) is 47.2 Å². The second kappa shape index (κ2) is 12.5. The summed E-state index contributed by atoms with van der Waals surface area (Å²) in [5.74, 6) is -0.424. The first kappa shape index (κ1) is 31.2. The van der Waals surface area contributed by atoms with Gasteiger partial charge in [0.25, 0.3) is 0 Å². The zero-order valence-electron chi connectivity index (χ0n) is 21.9. The van der Waals surface area contributed by atoms with E-state index in [9.17, 15) is 31.1 Å². The quantitative estimate of drug-likeness (QED) is 0.275. The van der Waals surface area contributed by atoms with Gasteiger partial charge >= 0.3 is 12.4 Å². The fraction of sp³-hybridized carbons (Fsp3) is 0.300. The second-order valence-electron chi connectivity index (χ2n) is 9.70. The van der Waals surface area contributed by atoms with Crippen molar-refractivity contribution in [3.63, 3.8) is 0 Å². The molecule has 0 aromatic heterocycles. The van der Waals surface area contributed by atoms with Gasteiger partial charge in [-0.2, -0.15) is 26.3 Å². The molecule has 4 rings (SSSR count). The van der Waals surface area contributed by atoms with Crippen molar-refractivity contribution in [1.82, 2.24) is 9.80 Å². The third-order valence-corrected chi connectivity index (χ3v) is 7.05. The van der Waals surface area contributed by atoms with Gasteiger partial charge in [0.2, 0.25) is 5.91 Å². The maximum absolute atomic E-state index is 13.7. The molecule has 10 heteroatoms. The lowest BCUT2D eigenvalue weighted by molar-refractivity contribution is -0.143. The van der Waals surface area contributed by atoms with Crippen molar-refractivity contribution in [2.75, 3.05) is 20.1 Å². The van der Waals surface area contributed by atoms with Crippen molar-refractivity contribution in [2.24, 2.45) is 0 Å². The van der Waals surface area contributed by atoms with Gasteiger partial charge < -0.3 is 4.90 Å². The van der Waals surface area contributed by atoms with Gasteiger partial charge in [-0.25, -0.2) is 0 Å². The van der Waals surface area contributed by atoms with Crippen LogP contribution in [-0.2, 0) is 23.7 Å². The highest BCUT2D eigenvalue weighted by atomic mass is 35.5. The first-order chi connectivity index (χ1) is 18.3. The molecule has 3 aromatic carbocycles. The highest BCUT2D eigenvalue weighted by Gasteiger charge is 2.38. The molecule has 0 bridgehead atoms. The van der Waals surface area contributed by atoms with E-state index >= 15 is 0 Å². The molecule has 3 nitrogen and oxygen atoms in total. The number of nitrogens with zero attached hydrogens (tertiary/aromatic N) is 2. The number of halogens is 7. The van der Waals surface area contributed by atoms with Crippen LogP contribution in [0.5, 0.6) is 0 Å². The van der Waals surface area contributed by atoms with E-state index in [1.165, 1.54) is 18.9 Å². The lowest BCUT2D eigenvalue weighted by Gasteiger charge is -2.34. The van der Waals surface area contributed by atoms with Crippen LogP contribution in [0.4, 0.5) is 26.3 Å². The Morgan fingerprint density at radius 3 is 1.93 bits per heavy atom. The summed E-state index contributed by atoms with van der Waals surface area (Å²) in [4.78, 5) is 17.2. The summed E-state index contributed by atoms with van der Waals surface area (Å²) in [6, 6.07) is 19.6. The number of carbonyl (C=O) groups is 1. The van der Waals surface area contributed by atoms with Crippen LogP contribution in [0.3, 0.4) is 0 Å². The SMILES string of the molecule is C[C@H](c1cc(C(F)(F)F)cc(C(F)(F)F)c1)N(C)C(=O)C1=C(c2ccccc2)CN(Cc2ccccc2)CC1.Cl. The third kappa shape index (κ3) is 7.26. The van der Waals surface area contributed by atoms with Gasteiger partial charge in [-0.05, 0) is 53.8 Å². The third-order valence-electron chi connectivity index (χ3n) is 7.05. The Kier molecular flexibility index (Phi) is 9.74. The Hall–Kier alpha value is -3.30. The molecule has 0 N–H and O–H groups in total. The summed E-state index contributed by atoms with van der Waals surface area (Å²) >= 11 is 0. The van der Waals surface area contributed by atoms with E-state index in [4.69, 9.17) is 0 Å². The van der Waals surface area contributed by atoms with Crippen molar-refractivity contribution in [1.29, 1.82) is 0 Å². The maximum Gasteiger partial charge on any atom is 0.416 e. The summed E-state index contributed by atoms with van der Waals surface area (Å²) in [5.41, 5.74) is 0.214. The summed E-state index contributed by atoms with van der Waals surface area (Å²) in [5, 5.41) is 0. The predicted molar refractivity (Wildman–Crippen MR) is 145 cm³/mol. The molecule has 0 unspecified atom stereocenters. The molecule has 0 spiro atoms. The van der Waals surface area contributed by atoms with E-state index in [0.29, 0.717) is 43.8 Å². The van der Waals surface area contributed by atoms with Crippen LogP contribution in [0, 0.1) is 0 Å². The monoisotopic (exact) mass is 582 g/mol. The minimum Gasteiger partial charge on any atom is -0.335 e. The van der Waals surface area contributed by atoms with Crippen LogP contribution >= 0.6 is 12.4 Å². The van der Waals surface area contributed by atoms with E-state index < -0.39 is 35.4 Å². The molecule has 0 aliphatic carbocycles. The van der Waals surface area contributed by atoms with Crippen LogP contribution in [0.25, 0.3) is 5.57 Å². The van der Waals surface area contributed by atoms with Crippen molar-refractivity contribution < 1.29 is 31.1 Å². The average molecular weight is 583 g/mol. The Morgan fingerprint density at radius 1 is 0.875 bits per heavy atom. The van der Waals surface area contributed by atoms with E-state index in [2.05, 4.69) is 4.90 Å². The molecular weight excluding hydrogens is 554 g/mol. The molecule has 1 amide bonds. The lowest BCUT2D eigenvalue weighted by Crippen LogP contribution is -2.37. The minimum absolute atomic E-state index is 0. The molecule has 1 heterocycles. The summed E-state index contributed by atoms with van der Waals surface area (Å²) in [7, 11) is 1.41. The van der Waals surface area contributed by atoms with E-state index in [1.54, 1.807) is 0 Å². The largest absolute Gasteiger partial charge is 0.416 e. The zero-order chi connectivity index (χ0) is 28.4. The Bertz CT molecular complexity index is 1310. The molecular formula is C30H29ClF6N2O. The molecule has 214 valence electrons. The molecule has 1 atom stereocenters. The molecule has 0 saturated carbocycles. The smallest absolute Gasteiger partial charge is 0.335 e. The van der Waals surface area contributed by atoms with Gasteiger partial charge in [0.05, 0.1) is 17.2 Å². The van der Waals surface area contributed by atoms with Gasteiger partial charge in [0.15, 0.2) is 0 Å². The zero-order valence-corrected chi connectivity index (χ0v) is 22.7. The molecule has 40 heavy (non-hydrogen) atoms. The number of carbonyl (C=O) groups excluding carboxylic acids is 1. The molecule has 3 aromatic rings. The van der Waals surface area contributed by atoms with E-state index in [0.717, 1.165) is 16.7 Å². The molecule has 0 radical (unpaired) electrons. The fourth-order valence-electron chi connectivity index (χ4n) is 4.77. The number of rotatable bonds is 6. The van der Waals surface area contributed by atoms with Crippen LogP contribution in [0.15, 0.2) is 84.4 Å². The number of benzene rings is 3. The van der Waals surface area contributed by atoms with Gasteiger partial charge in [-0.1, -0.05) is 60.7 Å². The molecule has 1 aliphatic heterocycles. The Morgan fingerprint density at radius 2 is 1.40 bits per heavy atom. The van der Waals surface area contributed by atoms with Gasteiger partial charge in [-0.15, -0.1) is 12.4 Å². The highest BCUT2D eigenvalue weighted by Crippen LogP contribution is 2.39. The van der Waals surface area contributed by atoms with E-state index in [-0.39, 0.29) is 24.0 Å². The summed E-state index contributed by atoms with van der Waals surface area (Å²) < 4.78 is 80.5. The fourth-order valence-corrected chi connectivity index (χ4v) is 4.77. The number of hydrogen-bond acceptors (Lipinski definition) is 2. The molecule has 0 fully saturated rings. The minimum atomic E-state index is -4.97. The van der Waals surface area contributed by atoms with Crippen molar-refractivity contribution in [3.05, 3.63) is 112 Å². The topological polar surface area (TPSA) is 23.6 Å². The van der Waals surface area contributed by atoms with Crippen LogP contribution in [0.2, 0.25) is 0 Å². The van der Waals surface area contributed by atoms with Gasteiger partial charge in [0, 0.05) is 32.3 Å². The maximum atomic E-state index is 13.7. The van der Waals surface area contributed by atoms with Crippen LogP contribution in [-0.4, -0.2) is 35.8 Å². The number of amides is 1. The Labute approximate surface area is 235 Å². The Balaban J connectivity index is 0.00000441. The van der Waals surface area contributed by atoms with Gasteiger partial charge in [-0.3, -0.25) is 9.69 Å². The standard InChI is InChI=1S/C30H28F6N2O.ClH/c1-20(23-15-24(29(31,32)33)17-25(16-23)30(34,35)36)37(2)28(39)26-13-14-38(18-21-9-5-3-6-10-21)19-27(26)22-11-7-4-8-12-22;/h3-12,15-17,20H,13-14,18-19H2,1-2H3;1H/t20-;/m1./s1. The second-order valence-corrected chi connectivity index (χ2v) is 9.70. The first-order valence-corrected chi connectivity index (χ1v) is 12.4. The number of likely N-dealkylation sites (N-methyl/N-ethyl adjacent to an activating group) is 1. The molecule has 0 saturated heterocycles. The number of hydrogen-bond donors (Lipinski definition) is 0. The van der Waals surface area contributed by atoms with Crippen molar-refractivity contribution >= 4 is 23.9 Å². The molecule has 1 aliphatic rings. The first-order valence-electron chi connectivity index (χ1n) is 12.4.